The first-order valence-electron chi connectivity index (χ1n) is 6.78. The van der Waals surface area contributed by atoms with Crippen molar-refractivity contribution in [1.29, 1.82) is 0 Å². The van der Waals surface area contributed by atoms with Gasteiger partial charge < -0.3 is 5.32 Å². The smallest absolute Gasteiger partial charge is 0.124 e. The predicted octanol–water partition coefficient (Wildman–Crippen LogP) is 4.16. The van der Waals surface area contributed by atoms with E-state index in [1.807, 2.05) is 18.3 Å². The maximum atomic E-state index is 13.2. The molecule has 1 N–H and O–H groups in total. The number of aromatic nitrogens is 1. The Morgan fingerprint density at radius 1 is 1.35 bits per heavy atom. The number of pyridine rings is 1. The number of nitrogens with one attached hydrogen (secondary N) is 1. The lowest BCUT2D eigenvalue weighted by atomic mass is 9.99. The van der Waals surface area contributed by atoms with Gasteiger partial charge in [0.2, 0.25) is 0 Å². The standard InChI is InChI=1S/C16H18ClFN2/c1-2-7-20-16(9-12-4-3-8-19-11-12)14-6-5-13(18)10-15(14)17/h3-6,8,10-11,16,20H,2,7,9H2,1H3. The Labute approximate surface area is 124 Å². The molecule has 1 aromatic carbocycles. The Morgan fingerprint density at radius 3 is 2.85 bits per heavy atom. The Morgan fingerprint density at radius 2 is 2.20 bits per heavy atom. The molecule has 0 fully saturated rings. The fourth-order valence-corrected chi connectivity index (χ4v) is 2.45. The summed E-state index contributed by atoms with van der Waals surface area (Å²) < 4.78 is 13.2. The van der Waals surface area contributed by atoms with Crippen LogP contribution in [-0.2, 0) is 6.42 Å². The van der Waals surface area contributed by atoms with Gasteiger partial charge in [0.15, 0.2) is 0 Å². The molecule has 20 heavy (non-hydrogen) atoms. The van der Waals surface area contributed by atoms with Gasteiger partial charge in [0, 0.05) is 23.5 Å². The molecule has 0 saturated carbocycles. The number of rotatable bonds is 6. The van der Waals surface area contributed by atoms with Crippen molar-refractivity contribution in [2.75, 3.05) is 6.54 Å². The van der Waals surface area contributed by atoms with E-state index >= 15 is 0 Å². The zero-order chi connectivity index (χ0) is 14.4. The highest BCUT2D eigenvalue weighted by Crippen LogP contribution is 2.26. The first kappa shape index (κ1) is 14.9. The largest absolute Gasteiger partial charge is 0.310 e. The van der Waals surface area contributed by atoms with Crippen LogP contribution in [-0.4, -0.2) is 11.5 Å². The summed E-state index contributed by atoms with van der Waals surface area (Å²) in [6.45, 7) is 3.00. The molecule has 0 aliphatic heterocycles. The Balaban J connectivity index is 2.22. The molecule has 4 heteroatoms. The first-order valence-corrected chi connectivity index (χ1v) is 7.15. The fraction of sp³-hybridized carbons (Fsp3) is 0.312. The summed E-state index contributed by atoms with van der Waals surface area (Å²) in [5, 5.41) is 3.92. The van der Waals surface area contributed by atoms with Crippen molar-refractivity contribution in [3.63, 3.8) is 0 Å². The minimum Gasteiger partial charge on any atom is -0.310 e. The molecule has 0 radical (unpaired) electrons. The van der Waals surface area contributed by atoms with Crippen LogP contribution in [0.25, 0.3) is 0 Å². The molecule has 0 aliphatic rings. The molecule has 0 spiro atoms. The third-order valence-corrected chi connectivity index (χ3v) is 3.47. The molecule has 0 saturated heterocycles. The summed E-state index contributed by atoms with van der Waals surface area (Å²) in [5.74, 6) is -0.311. The zero-order valence-electron chi connectivity index (χ0n) is 11.4. The number of hydrogen-bond donors (Lipinski definition) is 1. The van der Waals surface area contributed by atoms with Crippen molar-refractivity contribution >= 4 is 11.6 Å². The Hall–Kier alpha value is -1.45. The molecule has 2 rings (SSSR count). The number of nitrogens with zero attached hydrogens (tertiary/aromatic N) is 1. The van der Waals surface area contributed by atoms with Crippen molar-refractivity contribution in [2.24, 2.45) is 0 Å². The van der Waals surface area contributed by atoms with Crippen LogP contribution in [0.4, 0.5) is 4.39 Å². The molecule has 1 unspecified atom stereocenters. The van der Waals surface area contributed by atoms with E-state index in [9.17, 15) is 4.39 Å². The van der Waals surface area contributed by atoms with Crippen molar-refractivity contribution in [1.82, 2.24) is 10.3 Å². The van der Waals surface area contributed by atoms with E-state index in [1.165, 1.54) is 12.1 Å². The highest BCUT2D eigenvalue weighted by molar-refractivity contribution is 6.31. The van der Waals surface area contributed by atoms with Crippen LogP contribution in [0.2, 0.25) is 5.02 Å². The molecular formula is C16H18ClFN2. The van der Waals surface area contributed by atoms with Crippen LogP contribution in [0.1, 0.15) is 30.5 Å². The van der Waals surface area contributed by atoms with E-state index < -0.39 is 0 Å². The molecule has 106 valence electrons. The van der Waals surface area contributed by atoms with Gasteiger partial charge in [0.05, 0.1) is 0 Å². The third-order valence-electron chi connectivity index (χ3n) is 3.14. The summed E-state index contributed by atoms with van der Waals surface area (Å²) in [5.41, 5.74) is 2.05. The van der Waals surface area contributed by atoms with Crippen LogP contribution < -0.4 is 5.32 Å². The molecular weight excluding hydrogens is 275 g/mol. The van der Waals surface area contributed by atoms with Gasteiger partial charge in [0.1, 0.15) is 5.82 Å². The van der Waals surface area contributed by atoms with E-state index in [-0.39, 0.29) is 11.9 Å². The van der Waals surface area contributed by atoms with Gasteiger partial charge in [-0.1, -0.05) is 30.7 Å². The highest BCUT2D eigenvalue weighted by atomic mass is 35.5. The second kappa shape index (κ2) is 7.36. The van der Waals surface area contributed by atoms with Gasteiger partial charge >= 0.3 is 0 Å². The van der Waals surface area contributed by atoms with E-state index in [0.29, 0.717) is 5.02 Å². The minimum atomic E-state index is -0.311. The van der Waals surface area contributed by atoms with Gasteiger partial charge in [-0.25, -0.2) is 4.39 Å². The lowest BCUT2D eigenvalue weighted by Crippen LogP contribution is -2.24. The molecule has 1 heterocycles. The number of halogens is 2. The highest BCUT2D eigenvalue weighted by Gasteiger charge is 2.15. The van der Waals surface area contributed by atoms with E-state index in [1.54, 1.807) is 12.3 Å². The van der Waals surface area contributed by atoms with Crippen LogP contribution in [0.5, 0.6) is 0 Å². The molecule has 0 aliphatic carbocycles. The van der Waals surface area contributed by atoms with E-state index in [2.05, 4.69) is 17.2 Å². The summed E-state index contributed by atoms with van der Waals surface area (Å²) in [7, 11) is 0. The zero-order valence-corrected chi connectivity index (χ0v) is 12.2. The van der Waals surface area contributed by atoms with Crippen molar-refractivity contribution < 1.29 is 4.39 Å². The van der Waals surface area contributed by atoms with Crippen LogP contribution >= 0.6 is 11.6 Å². The van der Waals surface area contributed by atoms with Gasteiger partial charge in [-0.05, 0) is 48.7 Å². The average molecular weight is 293 g/mol. The van der Waals surface area contributed by atoms with Gasteiger partial charge in [0.25, 0.3) is 0 Å². The molecule has 0 amide bonds. The second-order valence-electron chi connectivity index (χ2n) is 4.74. The van der Waals surface area contributed by atoms with E-state index in [4.69, 9.17) is 11.6 Å². The van der Waals surface area contributed by atoms with Crippen molar-refractivity contribution in [3.8, 4) is 0 Å². The number of hydrogen-bond acceptors (Lipinski definition) is 2. The Bertz CT molecular complexity index is 545. The maximum Gasteiger partial charge on any atom is 0.124 e. The fourth-order valence-electron chi connectivity index (χ4n) is 2.15. The van der Waals surface area contributed by atoms with Crippen LogP contribution in [0.15, 0.2) is 42.7 Å². The predicted molar refractivity (Wildman–Crippen MR) is 80.4 cm³/mol. The lowest BCUT2D eigenvalue weighted by Gasteiger charge is -2.20. The first-order chi connectivity index (χ1) is 9.70. The molecule has 2 nitrogen and oxygen atoms in total. The summed E-state index contributed by atoms with van der Waals surface area (Å²) in [4.78, 5) is 4.13. The number of benzene rings is 1. The maximum absolute atomic E-state index is 13.2. The molecule has 0 bridgehead atoms. The normalized spacial score (nSPS) is 12.3. The SMILES string of the molecule is CCCNC(Cc1cccnc1)c1ccc(F)cc1Cl. The minimum absolute atomic E-state index is 0.0623. The monoisotopic (exact) mass is 292 g/mol. The van der Waals surface area contributed by atoms with Crippen LogP contribution in [0, 0.1) is 5.82 Å². The molecule has 1 atom stereocenters. The van der Waals surface area contributed by atoms with Crippen molar-refractivity contribution in [3.05, 3.63) is 64.7 Å². The van der Waals surface area contributed by atoms with Gasteiger partial charge in [-0.15, -0.1) is 0 Å². The third kappa shape index (κ3) is 4.02. The van der Waals surface area contributed by atoms with Gasteiger partial charge in [-0.2, -0.15) is 0 Å². The van der Waals surface area contributed by atoms with Crippen LogP contribution in [0.3, 0.4) is 0 Å². The summed E-state index contributed by atoms with van der Waals surface area (Å²) in [6.07, 6.45) is 5.41. The lowest BCUT2D eigenvalue weighted by molar-refractivity contribution is 0.527. The average Bonchev–Trinajstić information content (AvgIpc) is 2.45. The summed E-state index contributed by atoms with van der Waals surface area (Å²) >= 11 is 6.17. The molecule has 1 aromatic heterocycles. The van der Waals surface area contributed by atoms with Crippen molar-refractivity contribution in [2.45, 2.75) is 25.8 Å². The Kier molecular flexibility index (Phi) is 5.50. The quantitative estimate of drug-likeness (QED) is 0.865. The second-order valence-corrected chi connectivity index (χ2v) is 5.15. The summed E-state index contributed by atoms with van der Waals surface area (Å²) in [6, 6.07) is 8.57. The molecule has 2 aromatic rings. The van der Waals surface area contributed by atoms with E-state index in [0.717, 1.165) is 30.5 Å². The van der Waals surface area contributed by atoms with Gasteiger partial charge in [-0.3, -0.25) is 4.98 Å². The topological polar surface area (TPSA) is 24.9 Å².